The smallest absolute Gasteiger partial charge is 0.319 e. The van der Waals surface area contributed by atoms with Crippen LogP contribution in [0, 0.1) is 11.3 Å². The summed E-state index contributed by atoms with van der Waals surface area (Å²) in [5.41, 5.74) is 4.35. The number of benzene rings is 2. The third kappa shape index (κ3) is 5.79. The van der Waals surface area contributed by atoms with Gasteiger partial charge in [0.05, 0.1) is 36.6 Å². The van der Waals surface area contributed by atoms with Gasteiger partial charge in [0.25, 0.3) is 0 Å². The Hall–Kier alpha value is -3.54. The van der Waals surface area contributed by atoms with E-state index in [0.717, 1.165) is 80.0 Å². The SMILES string of the molecule is CC(C)NC(=O)Nc1ccc(-c2c(C#N)c3ccc(OCCCN4CCOCC4)cc3n2C2CCC2)cc1. The first-order chi connectivity index (χ1) is 18.5. The van der Waals surface area contributed by atoms with Crippen LogP contribution in [0.2, 0.25) is 0 Å². The molecule has 0 spiro atoms. The molecule has 0 bridgehead atoms. The average molecular weight is 516 g/mol. The van der Waals surface area contributed by atoms with Crippen LogP contribution in [0.3, 0.4) is 0 Å². The Morgan fingerprint density at radius 3 is 2.58 bits per heavy atom. The molecule has 0 atom stereocenters. The van der Waals surface area contributed by atoms with E-state index in [1.165, 1.54) is 6.42 Å². The Kier molecular flexibility index (Phi) is 8.16. The van der Waals surface area contributed by atoms with Gasteiger partial charge in [-0.3, -0.25) is 4.90 Å². The van der Waals surface area contributed by atoms with Crippen molar-refractivity contribution in [2.24, 2.45) is 0 Å². The maximum atomic E-state index is 12.1. The van der Waals surface area contributed by atoms with Gasteiger partial charge in [-0.1, -0.05) is 12.1 Å². The summed E-state index contributed by atoms with van der Waals surface area (Å²) in [6.45, 7) is 9.12. The number of hydrogen-bond acceptors (Lipinski definition) is 5. The van der Waals surface area contributed by atoms with Crippen molar-refractivity contribution in [3.8, 4) is 23.1 Å². The van der Waals surface area contributed by atoms with Crippen molar-refractivity contribution in [2.75, 3.05) is 44.8 Å². The molecular weight excluding hydrogens is 478 g/mol. The first-order valence-electron chi connectivity index (χ1n) is 13.7. The van der Waals surface area contributed by atoms with E-state index in [-0.39, 0.29) is 12.1 Å². The van der Waals surface area contributed by atoms with Gasteiger partial charge in [0, 0.05) is 48.9 Å². The van der Waals surface area contributed by atoms with Crippen LogP contribution in [-0.4, -0.2) is 61.0 Å². The molecule has 2 aromatic carbocycles. The van der Waals surface area contributed by atoms with E-state index in [0.29, 0.717) is 23.9 Å². The molecule has 2 amide bonds. The predicted molar refractivity (Wildman–Crippen MR) is 150 cm³/mol. The average Bonchev–Trinajstić information content (AvgIpc) is 3.19. The van der Waals surface area contributed by atoms with Crippen molar-refractivity contribution >= 4 is 22.6 Å². The number of carbonyl (C=O) groups excluding carboxylic acids is 1. The third-order valence-corrected chi connectivity index (χ3v) is 7.35. The summed E-state index contributed by atoms with van der Waals surface area (Å²) < 4.78 is 13.9. The number of carbonyl (C=O) groups is 1. The zero-order chi connectivity index (χ0) is 26.5. The van der Waals surface area contributed by atoms with Gasteiger partial charge in [-0.2, -0.15) is 5.26 Å². The molecule has 0 unspecified atom stereocenters. The summed E-state index contributed by atoms with van der Waals surface area (Å²) in [6.07, 6.45) is 4.35. The lowest BCUT2D eigenvalue weighted by Gasteiger charge is -2.30. The molecule has 0 radical (unpaired) electrons. The molecule has 38 heavy (non-hydrogen) atoms. The maximum Gasteiger partial charge on any atom is 0.319 e. The predicted octanol–water partition coefficient (Wildman–Crippen LogP) is 5.54. The van der Waals surface area contributed by atoms with Gasteiger partial charge in [0.2, 0.25) is 0 Å². The standard InChI is InChI=1S/C30H37N5O3/c1-21(2)32-30(36)33-23-9-7-22(8-10-23)29-27(20-31)26-12-11-25(19-28(26)35(29)24-5-3-6-24)38-16-4-13-34-14-17-37-18-15-34/h7-12,19,21,24H,3-6,13-18H2,1-2H3,(H2,32,33,36). The minimum Gasteiger partial charge on any atom is -0.493 e. The molecule has 200 valence electrons. The number of rotatable bonds is 9. The molecular formula is C30H37N5O3. The van der Waals surface area contributed by atoms with Gasteiger partial charge in [-0.15, -0.1) is 0 Å². The highest BCUT2D eigenvalue weighted by molar-refractivity contribution is 5.96. The fourth-order valence-corrected chi connectivity index (χ4v) is 5.24. The molecule has 2 heterocycles. The minimum atomic E-state index is -0.230. The zero-order valence-electron chi connectivity index (χ0n) is 22.3. The lowest BCUT2D eigenvalue weighted by Crippen LogP contribution is -2.37. The van der Waals surface area contributed by atoms with Crippen LogP contribution < -0.4 is 15.4 Å². The third-order valence-electron chi connectivity index (χ3n) is 7.35. The molecule has 5 rings (SSSR count). The Bertz CT molecular complexity index is 1300. The van der Waals surface area contributed by atoms with E-state index >= 15 is 0 Å². The number of nitrogens with one attached hydrogen (secondary N) is 2. The van der Waals surface area contributed by atoms with E-state index < -0.39 is 0 Å². The number of nitrogens with zero attached hydrogens (tertiary/aromatic N) is 3. The van der Waals surface area contributed by atoms with Gasteiger partial charge in [0.15, 0.2) is 0 Å². The summed E-state index contributed by atoms with van der Waals surface area (Å²) in [4.78, 5) is 14.5. The number of morpholine rings is 1. The second-order valence-corrected chi connectivity index (χ2v) is 10.5. The van der Waals surface area contributed by atoms with Crippen LogP contribution in [0.15, 0.2) is 42.5 Å². The number of amides is 2. The van der Waals surface area contributed by atoms with E-state index in [1.54, 1.807) is 0 Å². The van der Waals surface area contributed by atoms with Crippen LogP contribution >= 0.6 is 0 Å². The summed E-state index contributed by atoms with van der Waals surface area (Å²) in [5.74, 6) is 0.837. The molecule has 8 nitrogen and oxygen atoms in total. The lowest BCUT2D eigenvalue weighted by atomic mass is 9.92. The van der Waals surface area contributed by atoms with Crippen LogP contribution in [0.25, 0.3) is 22.2 Å². The number of ether oxygens (including phenoxy) is 2. The highest BCUT2D eigenvalue weighted by Crippen LogP contribution is 2.43. The number of anilines is 1. The van der Waals surface area contributed by atoms with Crippen molar-refractivity contribution < 1.29 is 14.3 Å². The Morgan fingerprint density at radius 2 is 1.92 bits per heavy atom. The Balaban J connectivity index is 1.38. The van der Waals surface area contributed by atoms with Crippen molar-refractivity contribution in [1.29, 1.82) is 5.26 Å². The van der Waals surface area contributed by atoms with Gasteiger partial charge in [0.1, 0.15) is 11.8 Å². The van der Waals surface area contributed by atoms with Crippen LogP contribution in [0.1, 0.15) is 51.1 Å². The van der Waals surface area contributed by atoms with Crippen LogP contribution in [0.4, 0.5) is 10.5 Å². The first-order valence-corrected chi connectivity index (χ1v) is 13.7. The lowest BCUT2D eigenvalue weighted by molar-refractivity contribution is 0.0358. The van der Waals surface area contributed by atoms with Crippen molar-refractivity contribution in [3.63, 3.8) is 0 Å². The first kappa shape index (κ1) is 26.1. The molecule has 1 aliphatic carbocycles. The quantitative estimate of drug-likeness (QED) is 0.365. The summed E-state index contributed by atoms with van der Waals surface area (Å²) >= 11 is 0. The normalized spacial score (nSPS) is 16.3. The monoisotopic (exact) mass is 515 g/mol. The summed E-state index contributed by atoms with van der Waals surface area (Å²) in [5, 5.41) is 16.9. The van der Waals surface area contributed by atoms with Crippen molar-refractivity contribution in [3.05, 3.63) is 48.0 Å². The van der Waals surface area contributed by atoms with Gasteiger partial charge in [-0.05, 0) is 69.4 Å². The molecule has 8 heteroatoms. The zero-order valence-corrected chi connectivity index (χ0v) is 22.3. The molecule has 2 aliphatic rings. The highest BCUT2D eigenvalue weighted by atomic mass is 16.5. The van der Waals surface area contributed by atoms with E-state index in [2.05, 4.69) is 32.2 Å². The number of hydrogen-bond donors (Lipinski definition) is 2. The molecule has 2 N–H and O–H groups in total. The maximum absolute atomic E-state index is 12.1. The minimum absolute atomic E-state index is 0.0595. The molecule has 3 aromatic rings. The Labute approximate surface area is 224 Å². The number of nitriles is 1. The highest BCUT2D eigenvalue weighted by Gasteiger charge is 2.28. The molecule has 1 aliphatic heterocycles. The number of urea groups is 1. The summed E-state index contributed by atoms with van der Waals surface area (Å²) in [6, 6.07) is 16.5. The Morgan fingerprint density at radius 1 is 1.16 bits per heavy atom. The fourth-order valence-electron chi connectivity index (χ4n) is 5.24. The second kappa shape index (κ2) is 11.9. The largest absolute Gasteiger partial charge is 0.493 e. The van der Waals surface area contributed by atoms with Gasteiger partial charge in [-0.25, -0.2) is 4.79 Å². The molecule has 1 saturated carbocycles. The topological polar surface area (TPSA) is 91.6 Å². The van der Waals surface area contributed by atoms with Crippen LogP contribution in [-0.2, 0) is 4.74 Å². The molecule has 1 aromatic heterocycles. The second-order valence-electron chi connectivity index (χ2n) is 10.5. The fraction of sp³-hybridized carbons (Fsp3) is 0.467. The van der Waals surface area contributed by atoms with Crippen LogP contribution in [0.5, 0.6) is 5.75 Å². The van der Waals surface area contributed by atoms with E-state index in [9.17, 15) is 10.1 Å². The van der Waals surface area contributed by atoms with Gasteiger partial charge < -0.3 is 24.7 Å². The number of fused-ring (bicyclic) bond motifs is 1. The molecule has 2 fully saturated rings. The van der Waals surface area contributed by atoms with E-state index in [1.807, 2.05) is 50.2 Å². The number of aromatic nitrogens is 1. The summed E-state index contributed by atoms with van der Waals surface area (Å²) in [7, 11) is 0. The van der Waals surface area contributed by atoms with E-state index in [4.69, 9.17) is 9.47 Å². The van der Waals surface area contributed by atoms with Gasteiger partial charge >= 0.3 is 6.03 Å². The molecule has 1 saturated heterocycles. The van der Waals surface area contributed by atoms with Crippen molar-refractivity contribution in [2.45, 2.75) is 51.6 Å². The van der Waals surface area contributed by atoms with Crippen molar-refractivity contribution in [1.82, 2.24) is 14.8 Å².